The van der Waals surface area contributed by atoms with Crippen molar-refractivity contribution in [1.29, 1.82) is 0 Å². The first-order valence-electron chi connectivity index (χ1n) is 7.18. The summed E-state index contributed by atoms with van der Waals surface area (Å²) in [6, 6.07) is 0. The van der Waals surface area contributed by atoms with Crippen molar-refractivity contribution < 1.29 is 19.0 Å². The molecule has 0 aliphatic carbocycles. The molecule has 1 fully saturated rings. The molecule has 2 heterocycles. The fourth-order valence-electron chi connectivity index (χ4n) is 1.93. The number of thioether (sulfide) groups is 1. The summed E-state index contributed by atoms with van der Waals surface area (Å²) in [6.07, 6.45) is -0.118. The maximum Gasteiger partial charge on any atom is 0.294 e. The van der Waals surface area contributed by atoms with E-state index in [4.69, 9.17) is 14.2 Å². The lowest BCUT2D eigenvalue weighted by molar-refractivity contribution is -0.141. The predicted molar refractivity (Wildman–Crippen MR) is 84.5 cm³/mol. The number of amides is 1. The van der Waals surface area contributed by atoms with Gasteiger partial charge in [-0.2, -0.15) is 9.36 Å². The van der Waals surface area contributed by atoms with Crippen molar-refractivity contribution in [3.05, 3.63) is 0 Å². The highest BCUT2D eigenvalue weighted by Gasteiger charge is 2.33. The van der Waals surface area contributed by atoms with Crippen LogP contribution in [0, 0.1) is 0 Å². The summed E-state index contributed by atoms with van der Waals surface area (Å²) in [4.78, 5) is 17.9. The third-order valence-electron chi connectivity index (χ3n) is 3.05. The predicted octanol–water partition coefficient (Wildman–Crippen LogP) is 2.62. The normalized spacial score (nSPS) is 20.1. The second kappa shape index (κ2) is 7.58. The van der Waals surface area contributed by atoms with E-state index in [1.165, 1.54) is 0 Å². The van der Waals surface area contributed by atoms with E-state index in [-0.39, 0.29) is 11.3 Å². The molecule has 1 unspecified atom stereocenters. The Morgan fingerprint density at radius 3 is 2.82 bits per heavy atom. The van der Waals surface area contributed by atoms with Crippen molar-refractivity contribution in [2.75, 3.05) is 26.3 Å². The molecule has 124 valence electrons. The van der Waals surface area contributed by atoms with Gasteiger partial charge in [0.1, 0.15) is 12.7 Å². The van der Waals surface area contributed by atoms with Crippen LogP contribution in [0.3, 0.4) is 0 Å². The Bertz CT molecular complexity index is 505. The summed E-state index contributed by atoms with van der Waals surface area (Å²) >= 11 is 2.15. The lowest BCUT2D eigenvalue weighted by atomic mass is 10.4. The van der Waals surface area contributed by atoms with Crippen LogP contribution in [-0.4, -0.2) is 57.7 Å². The van der Waals surface area contributed by atoms with E-state index >= 15 is 0 Å². The number of hydrogen-bond acceptors (Lipinski definition) is 8. The Morgan fingerprint density at radius 2 is 2.23 bits per heavy atom. The Labute approximate surface area is 138 Å². The molecule has 0 bridgehead atoms. The van der Waals surface area contributed by atoms with Crippen LogP contribution < -0.4 is 4.74 Å². The van der Waals surface area contributed by atoms with Crippen LogP contribution in [0.1, 0.15) is 27.7 Å². The first kappa shape index (κ1) is 17.5. The standard InChI is InChI=1S/C13H21N3O4S2/c1-5-16(6-2)12(17)21-10-14-11(22-15-10)18-7-9-8-19-13(3,4)20-9/h9H,5-8H2,1-4H3. The number of nitrogens with zero attached hydrogens (tertiary/aromatic N) is 3. The highest BCUT2D eigenvalue weighted by molar-refractivity contribution is 8.13. The van der Waals surface area contributed by atoms with E-state index in [1.807, 2.05) is 27.7 Å². The summed E-state index contributed by atoms with van der Waals surface area (Å²) in [5.74, 6) is -0.563. The lowest BCUT2D eigenvalue weighted by Crippen LogP contribution is -2.26. The summed E-state index contributed by atoms with van der Waals surface area (Å²) in [5, 5.41) is 0.799. The van der Waals surface area contributed by atoms with Gasteiger partial charge in [-0.05, 0) is 27.7 Å². The summed E-state index contributed by atoms with van der Waals surface area (Å²) in [5.41, 5.74) is 0. The average Bonchev–Trinajstić information content (AvgIpc) is 3.04. The third-order valence-corrected chi connectivity index (χ3v) is 4.59. The van der Waals surface area contributed by atoms with Gasteiger partial charge >= 0.3 is 0 Å². The molecule has 9 heteroatoms. The molecular formula is C13H21N3O4S2. The second-order valence-electron chi connectivity index (χ2n) is 5.14. The molecular weight excluding hydrogens is 326 g/mol. The molecule has 22 heavy (non-hydrogen) atoms. The molecule has 1 aliphatic rings. The lowest BCUT2D eigenvalue weighted by Gasteiger charge is -2.16. The maximum atomic E-state index is 12.0. The van der Waals surface area contributed by atoms with Crippen molar-refractivity contribution in [3.63, 3.8) is 0 Å². The molecule has 1 saturated heterocycles. The van der Waals surface area contributed by atoms with Gasteiger partial charge in [-0.3, -0.25) is 4.79 Å². The molecule has 0 N–H and O–H groups in total. The van der Waals surface area contributed by atoms with E-state index in [2.05, 4.69) is 9.36 Å². The van der Waals surface area contributed by atoms with Crippen molar-refractivity contribution in [2.24, 2.45) is 0 Å². The van der Waals surface area contributed by atoms with Gasteiger partial charge in [0.2, 0.25) is 5.16 Å². The molecule has 0 radical (unpaired) electrons. The molecule has 0 spiro atoms. The van der Waals surface area contributed by atoms with E-state index < -0.39 is 5.79 Å². The molecule has 7 nitrogen and oxygen atoms in total. The van der Waals surface area contributed by atoms with E-state index in [9.17, 15) is 4.79 Å². The number of rotatable bonds is 6. The fraction of sp³-hybridized carbons (Fsp3) is 0.769. The molecule has 1 amide bonds. The fourth-order valence-corrected chi connectivity index (χ4v) is 3.37. The largest absolute Gasteiger partial charge is 0.466 e. The minimum atomic E-state index is -0.563. The van der Waals surface area contributed by atoms with E-state index in [1.54, 1.807) is 4.90 Å². The van der Waals surface area contributed by atoms with Gasteiger partial charge in [0.15, 0.2) is 5.79 Å². The van der Waals surface area contributed by atoms with Gasteiger partial charge < -0.3 is 19.1 Å². The number of ether oxygens (including phenoxy) is 3. The van der Waals surface area contributed by atoms with Crippen molar-refractivity contribution in [1.82, 2.24) is 14.3 Å². The van der Waals surface area contributed by atoms with Crippen LogP contribution in [0.4, 0.5) is 4.79 Å². The minimum absolute atomic E-state index is 0.0522. The van der Waals surface area contributed by atoms with Gasteiger partial charge in [0.25, 0.3) is 10.4 Å². The van der Waals surface area contributed by atoms with Gasteiger partial charge in [0.05, 0.1) is 6.61 Å². The highest BCUT2D eigenvalue weighted by Crippen LogP contribution is 2.26. The first-order valence-corrected chi connectivity index (χ1v) is 8.77. The second-order valence-corrected chi connectivity index (χ2v) is 6.78. The summed E-state index contributed by atoms with van der Waals surface area (Å²) < 4.78 is 20.8. The molecule has 1 atom stereocenters. The van der Waals surface area contributed by atoms with Crippen LogP contribution >= 0.6 is 23.3 Å². The van der Waals surface area contributed by atoms with Crippen LogP contribution in [0.5, 0.6) is 5.19 Å². The topological polar surface area (TPSA) is 73.8 Å². The Morgan fingerprint density at radius 1 is 1.50 bits per heavy atom. The molecule has 0 saturated carbocycles. The highest BCUT2D eigenvalue weighted by atomic mass is 32.2. The summed E-state index contributed by atoms with van der Waals surface area (Å²) in [6.45, 7) is 9.80. The maximum absolute atomic E-state index is 12.0. The minimum Gasteiger partial charge on any atom is -0.466 e. The molecule has 2 rings (SSSR count). The summed E-state index contributed by atoms with van der Waals surface area (Å²) in [7, 11) is 0. The Hall–Kier alpha value is -0.900. The molecule has 1 aliphatic heterocycles. The zero-order chi connectivity index (χ0) is 16.2. The van der Waals surface area contributed by atoms with Gasteiger partial charge in [-0.1, -0.05) is 0 Å². The molecule has 0 aromatic carbocycles. The van der Waals surface area contributed by atoms with E-state index in [0.717, 1.165) is 23.3 Å². The van der Waals surface area contributed by atoms with Crippen LogP contribution in [0.15, 0.2) is 5.16 Å². The van der Waals surface area contributed by atoms with E-state index in [0.29, 0.717) is 36.7 Å². The number of aromatic nitrogens is 2. The number of hydrogen-bond donors (Lipinski definition) is 0. The van der Waals surface area contributed by atoms with Crippen LogP contribution in [-0.2, 0) is 9.47 Å². The SMILES string of the molecule is CCN(CC)C(=O)Sc1nsc(OCC2COC(C)(C)O2)n1. The third kappa shape index (κ3) is 4.80. The monoisotopic (exact) mass is 347 g/mol. The van der Waals surface area contributed by atoms with Gasteiger partial charge in [-0.15, -0.1) is 0 Å². The number of carbonyl (C=O) groups excluding carboxylic acids is 1. The van der Waals surface area contributed by atoms with Gasteiger partial charge in [-0.25, -0.2) is 0 Å². The van der Waals surface area contributed by atoms with Crippen molar-refractivity contribution in [3.8, 4) is 5.19 Å². The van der Waals surface area contributed by atoms with Crippen LogP contribution in [0.2, 0.25) is 0 Å². The molecule has 1 aromatic heterocycles. The van der Waals surface area contributed by atoms with Crippen molar-refractivity contribution in [2.45, 2.75) is 44.7 Å². The smallest absolute Gasteiger partial charge is 0.294 e. The Balaban J connectivity index is 1.80. The van der Waals surface area contributed by atoms with Crippen LogP contribution in [0.25, 0.3) is 0 Å². The average molecular weight is 347 g/mol. The van der Waals surface area contributed by atoms with Gasteiger partial charge in [0, 0.05) is 36.4 Å². The van der Waals surface area contributed by atoms with Crippen molar-refractivity contribution >= 4 is 28.5 Å². The quantitative estimate of drug-likeness (QED) is 0.732. The molecule has 1 aromatic rings. The first-order chi connectivity index (χ1) is 10.4. The zero-order valence-corrected chi connectivity index (χ0v) is 14.8. The Kier molecular flexibility index (Phi) is 6.01. The number of carbonyl (C=O) groups is 1. The zero-order valence-electron chi connectivity index (χ0n) is 13.2.